The van der Waals surface area contributed by atoms with Crippen molar-refractivity contribution in [2.24, 2.45) is 5.92 Å². The van der Waals surface area contributed by atoms with Crippen molar-refractivity contribution in [2.75, 3.05) is 10.6 Å². The summed E-state index contributed by atoms with van der Waals surface area (Å²) in [6.45, 7) is 4.12. The van der Waals surface area contributed by atoms with E-state index >= 15 is 0 Å². The predicted octanol–water partition coefficient (Wildman–Crippen LogP) is 4.05. The van der Waals surface area contributed by atoms with E-state index in [1.807, 2.05) is 36.4 Å². The third-order valence-electron chi connectivity index (χ3n) is 5.25. The van der Waals surface area contributed by atoms with Gasteiger partial charge in [0.25, 0.3) is 0 Å². The first-order chi connectivity index (χ1) is 11.9. The first kappa shape index (κ1) is 15.9. The molecule has 1 aliphatic heterocycles. The van der Waals surface area contributed by atoms with Gasteiger partial charge in [-0.3, -0.25) is 9.59 Å². The molecule has 25 heavy (non-hydrogen) atoms. The van der Waals surface area contributed by atoms with Gasteiger partial charge < -0.3 is 10.6 Å². The highest BCUT2D eigenvalue weighted by Gasteiger charge is 2.44. The molecule has 4 heteroatoms. The highest BCUT2D eigenvalue weighted by atomic mass is 16.2. The van der Waals surface area contributed by atoms with Crippen LogP contribution >= 0.6 is 0 Å². The van der Waals surface area contributed by atoms with E-state index in [0.29, 0.717) is 12.3 Å². The summed E-state index contributed by atoms with van der Waals surface area (Å²) in [5.41, 5.74) is 3.71. The van der Waals surface area contributed by atoms with Crippen molar-refractivity contribution in [3.63, 3.8) is 0 Å². The average molecular weight is 334 g/mol. The molecule has 1 saturated carbocycles. The normalized spacial score (nSPS) is 23.4. The lowest BCUT2D eigenvalue weighted by molar-refractivity contribution is -0.118. The van der Waals surface area contributed by atoms with E-state index in [2.05, 4.69) is 36.6 Å². The van der Waals surface area contributed by atoms with Crippen LogP contribution in [0.15, 0.2) is 48.5 Å². The van der Waals surface area contributed by atoms with Crippen LogP contribution in [0.3, 0.4) is 0 Å². The third kappa shape index (κ3) is 3.04. The van der Waals surface area contributed by atoms with Gasteiger partial charge in [0, 0.05) is 29.1 Å². The van der Waals surface area contributed by atoms with Crippen LogP contribution in [0.5, 0.6) is 0 Å². The molecule has 128 valence electrons. The van der Waals surface area contributed by atoms with Gasteiger partial charge >= 0.3 is 0 Å². The maximum Gasteiger partial charge on any atom is 0.228 e. The topological polar surface area (TPSA) is 58.2 Å². The van der Waals surface area contributed by atoms with Crippen LogP contribution in [0.25, 0.3) is 0 Å². The highest BCUT2D eigenvalue weighted by Crippen LogP contribution is 2.48. The Morgan fingerprint density at radius 3 is 2.68 bits per heavy atom. The number of carbonyl (C=O) groups is 2. The molecule has 1 fully saturated rings. The van der Waals surface area contributed by atoms with Crippen LogP contribution in [0.2, 0.25) is 0 Å². The van der Waals surface area contributed by atoms with Crippen LogP contribution in [0.4, 0.5) is 11.4 Å². The van der Waals surface area contributed by atoms with Crippen molar-refractivity contribution in [3.8, 4) is 0 Å². The Hall–Kier alpha value is -2.62. The van der Waals surface area contributed by atoms with E-state index in [-0.39, 0.29) is 23.1 Å². The standard InChI is InChI=1S/C21H22N2O2/c1-21(2)12-19(24)23-18-9-8-14(10-17(18)21)22-20(25)16-11-15(16)13-6-4-3-5-7-13/h3-10,15-16H,11-12H2,1-2H3,(H,22,25)(H,23,24)/t15-,16-/m1/s1. The monoisotopic (exact) mass is 334 g/mol. The van der Waals surface area contributed by atoms with Crippen molar-refractivity contribution in [1.82, 2.24) is 0 Å². The van der Waals surface area contributed by atoms with Crippen LogP contribution in [-0.2, 0) is 15.0 Å². The summed E-state index contributed by atoms with van der Waals surface area (Å²) in [6.07, 6.45) is 1.36. The molecule has 0 bridgehead atoms. The summed E-state index contributed by atoms with van der Waals surface area (Å²) in [7, 11) is 0. The van der Waals surface area contributed by atoms with Gasteiger partial charge in [0.2, 0.25) is 11.8 Å². The molecule has 0 spiro atoms. The smallest absolute Gasteiger partial charge is 0.228 e. The van der Waals surface area contributed by atoms with Gasteiger partial charge in [0.05, 0.1) is 0 Å². The van der Waals surface area contributed by atoms with E-state index < -0.39 is 0 Å². The molecule has 0 saturated heterocycles. The Balaban J connectivity index is 1.49. The number of hydrogen-bond donors (Lipinski definition) is 2. The van der Waals surface area contributed by atoms with E-state index in [4.69, 9.17) is 0 Å². The Bertz CT molecular complexity index is 842. The van der Waals surface area contributed by atoms with E-state index in [0.717, 1.165) is 23.4 Å². The molecule has 2 aromatic carbocycles. The number of anilines is 2. The SMILES string of the molecule is CC1(C)CC(=O)Nc2ccc(NC(=O)[C@@H]3C[C@@H]3c3ccccc3)cc21. The minimum Gasteiger partial charge on any atom is -0.326 e. The molecule has 2 aliphatic rings. The third-order valence-corrected chi connectivity index (χ3v) is 5.25. The number of nitrogens with one attached hydrogen (secondary N) is 2. The molecule has 0 aromatic heterocycles. The fourth-order valence-electron chi connectivity index (χ4n) is 3.77. The number of hydrogen-bond acceptors (Lipinski definition) is 2. The minimum absolute atomic E-state index is 0.0398. The molecule has 2 N–H and O–H groups in total. The second kappa shape index (κ2) is 5.73. The van der Waals surface area contributed by atoms with Crippen LogP contribution in [0.1, 0.15) is 43.7 Å². The molecule has 2 amide bonds. The van der Waals surface area contributed by atoms with Gasteiger partial charge in [0.1, 0.15) is 0 Å². The zero-order chi connectivity index (χ0) is 17.6. The molecule has 1 heterocycles. The first-order valence-corrected chi connectivity index (χ1v) is 8.74. The second-order valence-corrected chi connectivity index (χ2v) is 7.72. The molecule has 4 rings (SSSR count). The maximum atomic E-state index is 12.6. The Labute approximate surface area is 147 Å². The van der Waals surface area contributed by atoms with Crippen LogP contribution in [0, 0.1) is 5.92 Å². The summed E-state index contributed by atoms with van der Waals surface area (Å²) in [5.74, 6) is 0.491. The Kier molecular flexibility index (Phi) is 3.64. The van der Waals surface area contributed by atoms with Gasteiger partial charge in [-0.2, -0.15) is 0 Å². The number of rotatable bonds is 3. The fraction of sp³-hybridized carbons (Fsp3) is 0.333. The second-order valence-electron chi connectivity index (χ2n) is 7.72. The molecular weight excluding hydrogens is 312 g/mol. The largest absolute Gasteiger partial charge is 0.326 e. The highest BCUT2D eigenvalue weighted by molar-refractivity contribution is 5.98. The van der Waals surface area contributed by atoms with Gasteiger partial charge in [-0.15, -0.1) is 0 Å². The van der Waals surface area contributed by atoms with Crippen LogP contribution < -0.4 is 10.6 Å². The molecular formula is C21H22N2O2. The summed E-state index contributed by atoms with van der Waals surface area (Å²) in [4.78, 5) is 24.4. The van der Waals surface area contributed by atoms with Gasteiger partial charge in [-0.1, -0.05) is 44.2 Å². The molecule has 2 atom stereocenters. The summed E-state index contributed by atoms with van der Waals surface area (Å²) < 4.78 is 0. The molecule has 1 aliphatic carbocycles. The lowest BCUT2D eigenvalue weighted by Crippen LogP contribution is -2.32. The fourth-order valence-corrected chi connectivity index (χ4v) is 3.77. The van der Waals surface area contributed by atoms with Crippen molar-refractivity contribution >= 4 is 23.2 Å². The van der Waals surface area contributed by atoms with Crippen molar-refractivity contribution in [2.45, 2.75) is 38.0 Å². The maximum absolute atomic E-state index is 12.6. The van der Waals surface area contributed by atoms with E-state index in [9.17, 15) is 9.59 Å². The zero-order valence-corrected chi connectivity index (χ0v) is 14.5. The quantitative estimate of drug-likeness (QED) is 0.890. The lowest BCUT2D eigenvalue weighted by Gasteiger charge is -2.32. The van der Waals surface area contributed by atoms with Crippen molar-refractivity contribution in [1.29, 1.82) is 0 Å². The molecule has 2 aromatic rings. The summed E-state index contributed by atoms with van der Waals surface area (Å²) in [5, 5.41) is 5.96. The van der Waals surface area contributed by atoms with Crippen molar-refractivity contribution in [3.05, 3.63) is 59.7 Å². The minimum atomic E-state index is -0.232. The number of carbonyl (C=O) groups excluding carboxylic acids is 2. The van der Waals surface area contributed by atoms with Crippen molar-refractivity contribution < 1.29 is 9.59 Å². The van der Waals surface area contributed by atoms with Gasteiger partial charge in [0.15, 0.2) is 0 Å². The average Bonchev–Trinajstić information content (AvgIpc) is 3.36. The number of amides is 2. The zero-order valence-electron chi connectivity index (χ0n) is 14.5. The van der Waals surface area contributed by atoms with E-state index in [1.165, 1.54) is 5.56 Å². The van der Waals surface area contributed by atoms with Gasteiger partial charge in [-0.05, 0) is 41.7 Å². The summed E-state index contributed by atoms with van der Waals surface area (Å²) in [6, 6.07) is 15.9. The first-order valence-electron chi connectivity index (χ1n) is 8.74. The molecule has 4 nitrogen and oxygen atoms in total. The van der Waals surface area contributed by atoms with E-state index in [1.54, 1.807) is 0 Å². The number of benzene rings is 2. The molecule has 0 radical (unpaired) electrons. The Morgan fingerprint density at radius 1 is 1.16 bits per heavy atom. The Morgan fingerprint density at radius 2 is 1.92 bits per heavy atom. The van der Waals surface area contributed by atoms with Gasteiger partial charge in [-0.25, -0.2) is 0 Å². The molecule has 0 unspecified atom stereocenters. The predicted molar refractivity (Wildman–Crippen MR) is 98.6 cm³/mol. The summed E-state index contributed by atoms with van der Waals surface area (Å²) >= 11 is 0. The lowest BCUT2D eigenvalue weighted by atomic mass is 9.78. The number of fused-ring (bicyclic) bond motifs is 1. The van der Waals surface area contributed by atoms with Crippen LogP contribution in [-0.4, -0.2) is 11.8 Å².